The number of aromatic nitrogens is 5. The molecular weight excluding hydrogens is 336 g/mol. The molecule has 0 spiro atoms. The van der Waals surface area contributed by atoms with Crippen molar-refractivity contribution in [3.63, 3.8) is 0 Å². The minimum Gasteiger partial charge on any atom is -0.337 e. The summed E-state index contributed by atoms with van der Waals surface area (Å²) in [5, 5.41) is 16.5. The third kappa shape index (κ3) is 2.62. The third-order valence-corrected chi connectivity index (χ3v) is 4.73. The molecule has 132 valence electrons. The van der Waals surface area contributed by atoms with E-state index in [-0.39, 0.29) is 0 Å². The van der Waals surface area contributed by atoms with Crippen LogP contribution in [0.4, 0.5) is 11.5 Å². The van der Waals surface area contributed by atoms with E-state index in [9.17, 15) is 0 Å². The van der Waals surface area contributed by atoms with Gasteiger partial charge in [0.25, 0.3) is 0 Å². The maximum atomic E-state index is 4.73. The van der Waals surface area contributed by atoms with E-state index in [2.05, 4.69) is 63.8 Å². The van der Waals surface area contributed by atoms with Gasteiger partial charge in [-0.2, -0.15) is 10.2 Å². The summed E-state index contributed by atoms with van der Waals surface area (Å²) in [6.45, 7) is 4.12. The summed E-state index contributed by atoms with van der Waals surface area (Å²) >= 11 is 0. The SMILES string of the molecule is Cc1ccc(-n2nc(C)c3cc(Nc4n[nH]c5cccnc45)ccc32)cc1. The molecule has 0 unspecified atom stereocenters. The van der Waals surface area contributed by atoms with Crippen molar-refractivity contribution in [2.45, 2.75) is 13.8 Å². The Hall–Kier alpha value is -3.67. The van der Waals surface area contributed by atoms with Crippen LogP contribution in [0.15, 0.2) is 60.8 Å². The van der Waals surface area contributed by atoms with Crippen LogP contribution in [0.5, 0.6) is 0 Å². The Morgan fingerprint density at radius 2 is 1.85 bits per heavy atom. The average Bonchev–Trinajstić information content (AvgIpc) is 3.24. The molecule has 6 heteroatoms. The number of anilines is 2. The first-order chi connectivity index (χ1) is 13.2. The Kier molecular flexibility index (Phi) is 3.43. The first-order valence-electron chi connectivity index (χ1n) is 8.81. The molecule has 5 aromatic rings. The molecule has 6 nitrogen and oxygen atoms in total. The summed E-state index contributed by atoms with van der Waals surface area (Å²) in [5.74, 6) is 0.716. The number of aryl methyl sites for hydroxylation is 2. The molecule has 0 aliphatic rings. The van der Waals surface area contributed by atoms with Gasteiger partial charge < -0.3 is 5.32 Å². The molecule has 0 saturated heterocycles. The number of H-pyrrole nitrogens is 1. The molecule has 0 aliphatic carbocycles. The van der Waals surface area contributed by atoms with Gasteiger partial charge in [0.2, 0.25) is 0 Å². The second-order valence-corrected chi connectivity index (χ2v) is 6.66. The van der Waals surface area contributed by atoms with Crippen molar-refractivity contribution in [2.24, 2.45) is 0 Å². The lowest BCUT2D eigenvalue weighted by Crippen LogP contribution is -1.96. The number of pyridine rings is 1. The standard InChI is InChI=1S/C21H18N6/c1-13-5-8-16(9-6-13)27-19-10-7-15(12-17(19)14(2)26-27)23-21-20-18(24-25-21)4-3-11-22-20/h3-12H,1-2H3,(H2,23,24,25). The van der Waals surface area contributed by atoms with Crippen molar-refractivity contribution in [1.29, 1.82) is 0 Å². The number of aromatic amines is 1. The zero-order valence-electron chi connectivity index (χ0n) is 15.1. The molecule has 0 radical (unpaired) electrons. The Labute approximate surface area is 155 Å². The third-order valence-electron chi connectivity index (χ3n) is 4.73. The van der Waals surface area contributed by atoms with E-state index in [0.717, 1.165) is 39.0 Å². The lowest BCUT2D eigenvalue weighted by atomic mass is 10.2. The summed E-state index contributed by atoms with van der Waals surface area (Å²) in [5.41, 5.74) is 7.04. The fraction of sp³-hybridized carbons (Fsp3) is 0.0952. The van der Waals surface area contributed by atoms with Crippen molar-refractivity contribution in [3.05, 3.63) is 72.1 Å². The van der Waals surface area contributed by atoms with Gasteiger partial charge >= 0.3 is 0 Å². The molecule has 3 aromatic heterocycles. The van der Waals surface area contributed by atoms with Gasteiger partial charge in [-0.1, -0.05) is 17.7 Å². The summed E-state index contributed by atoms with van der Waals surface area (Å²) in [7, 11) is 0. The first-order valence-corrected chi connectivity index (χ1v) is 8.81. The molecule has 0 atom stereocenters. The van der Waals surface area contributed by atoms with Gasteiger partial charge in [0.1, 0.15) is 5.52 Å². The Balaban J connectivity index is 1.56. The highest BCUT2D eigenvalue weighted by molar-refractivity contribution is 5.91. The average molecular weight is 354 g/mol. The van der Waals surface area contributed by atoms with Crippen LogP contribution in [0.1, 0.15) is 11.3 Å². The number of nitrogens with zero attached hydrogens (tertiary/aromatic N) is 4. The second-order valence-electron chi connectivity index (χ2n) is 6.66. The lowest BCUT2D eigenvalue weighted by molar-refractivity contribution is 0.888. The predicted octanol–water partition coefficient (Wildman–Crippen LogP) is 4.66. The summed E-state index contributed by atoms with van der Waals surface area (Å²) in [4.78, 5) is 4.40. The highest BCUT2D eigenvalue weighted by atomic mass is 15.3. The quantitative estimate of drug-likeness (QED) is 0.494. The zero-order chi connectivity index (χ0) is 18.4. The Bertz CT molecular complexity index is 1260. The van der Waals surface area contributed by atoms with Gasteiger partial charge in [-0.25, -0.2) is 4.68 Å². The van der Waals surface area contributed by atoms with Crippen LogP contribution in [-0.2, 0) is 0 Å². The summed E-state index contributed by atoms with van der Waals surface area (Å²) in [6.07, 6.45) is 1.77. The number of nitrogens with one attached hydrogen (secondary N) is 2. The number of fused-ring (bicyclic) bond motifs is 2. The number of rotatable bonds is 3. The smallest absolute Gasteiger partial charge is 0.178 e. The fourth-order valence-corrected chi connectivity index (χ4v) is 3.31. The van der Waals surface area contributed by atoms with E-state index in [0.29, 0.717) is 5.82 Å². The molecule has 27 heavy (non-hydrogen) atoms. The molecule has 0 bridgehead atoms. The van der Waals surface area contributed by atoms with Crippen LogP contribution in [0.25, 0.3) is 27.6 Å². The molecule has 0 aliphatic heterocycles. The lowest BCUT2D eigenvalue weighted by Gasteiger charge is -2.06. The van der Waals surface area contributed by atoms with Gasteiger partial charge in [0.15, 0.2) is 5.82 Å². The highest BCUT2D eigenvalue weighted by Crippen LogP contribution is 2.28. The monoisotopic (exact) mass is 354 g/mol. The van der Waals surface area contributed by atoms with Crippen LogP contribution in [0.3, 0.4) is 0 Å². The molecule has 0 fully saturated rings. The van der Waals surface area contributed by atoms with Crippen molar-refractivity contribution in [3.8, 4) is 5.69 Å². The van der Waals surface area contributed by atoms with Gasteiger partial charge in [0, 0.05) is 17.3 Å². The largest absolute Gasteiger partial charge is 0.337 e. The van der Waals surface area contributed by atoms with Crippen LogP contribution in [0.2, 0.25) is 0 Å². The molecule has 2 aromatic carbocycles. The predicted molar refractivity (Wildman–Crippen MR) is 108 cm³/mol. The fourth-order valence-electron chi connectivity index (χ4n) is 3.31. The van der Waals surface area contributed by atoms with Gasteiger partial charge in [-0.05, 0) is 56.3 Å². The van der Waals surface area contributed by atoms with E-state index < -0.39 is 0 Å². The molecule has 3 heterocycles. The molecular formula is C21H18N6. The zero-order valence-corrected chi connectivity index (χ0v) is 15.1. The van der Waals surface area contributed by atoms with Crippen molar-refractivity contribution < 1.29 is 0 Å². The molecule has 5 rings (SSSR count). The number of hydrogen-bond donors (Lipinski definition) is 2. The Morgan fingerprint density at radius 1 is 1.00 bits per heavy atom. The summed E-state index contributed by atoms with van der Waals surface area (Å²) < 4.78 is 1.99. The van der Waals surface area contributed by atoms with Gasteiger partial charge in [0.05, 0.1) is 22.4 Å². The molecule has 0 amide bonds. The van der Waals surface area contributed by atoms with Crippen molar-refractivity contribution >= 4 is 33.4 Å². The van der Waals surface area contributed by atoms with Crippen LogP contribution in [0, 0.1) is 13.8 Å². The maximum Gasteiger partial charge on any atom is 0.178 e. The minimum atomic E-state index is 0.716. The summed E-state index contributed by atoms with van der Waals surface area (Å²) in [6, 6.07) is 18.5. The van der Waals surface area contributed by atoms with Crippen LogP contribution in [-0.4, -0.2) is 25.0 Å². The maximum absolute atomic E-state index is 4.73. The van der Waals surface area contributed by atoms with E-state index >= 15 is 0 Å². The van der Waals surface area contributed by atoms with Crippen molar-refractivity contribution in [2.75, 3.05) is 5.32 Å². The number of hydrogen-bond acceptors (Lipinski definition) is 4. The van der Waals surface area contributed by atoms with E-state index in [1.165, 1.54) is 5.56 Å². The van der Waals surface area contributed by atoms with Crippen molar-refractivity contribution in [1.82, 2.24) is 25.0 Å². The van der Waals surface area contributed by atoms with Crippen LogP contribution >= 0.6 is 0 Å². The topological polar surface area (TPSA) is 71.4 Å². The normalized spacial score (nSPS) is 11.3. The Morgan fingerprint density at radius 3 is 2.70 bits per heavy atom. The minimum absolute atomic E-state index is 0.716. The number of benzene rings is 2. The highest BCUT2D eigenvalue weighted by Gasteiger charge is 2.11. The van der Waals surface area contributed by atoms with Gasteiger partial charge in [-0.15, -0.1) is 0 Å². The molecule has 2 N–H and O–H groups in total. The van der Waals surface area contributed by atoms with E-state index in [1.807, 2.05) is 29.8 Å². The van der Waals surface area contributed by atoms with E-state index in [1.54, 1.807) is 6.20 Å². The van der Waals surface area contributed by atoms with Crippen LogP contribution < -0.4 is 5.32 Å². The van der Waals surface area contributed by atoms with E-state index in [4.69, 9.17) is 5.10 Å². The second kappa shape index (κ2) is 5.95. The first kappa shape index (κ1) is 15.6. The van der Waals surface area contributed by atoms with Gasteiger partial charge in [-0.3, -0.25) is 10.1 Å². The molecule has 0 saturated carbocycles.